The summed E-state index contributed by atoms with van der Waals surface area (Å²) in [6.07, 6.45) is -0.0774. The van der Waals surface area contributed by atoms with Crippen LogP contribution in [0.1, 0.15) is 12.0 Å². The maximum atomic E-state index is 12.8. The highest BCUT2D eigenvalue weighted by molar-refractivity contribution is 9.10. The van der Waals surface area contributed by atoms with E-state index >= 15 is 0 Å². The molecule has 10 heteroatoms. The van der Waals surface area contributed by atoms with Gasteiger partial charge >= 0.3 is 10.2 Å². The number of non-ortho nitro benzene ring substituents is 1. The number of aryl methyl sites for hydroxylation is 1. The molecule has 1 amide bonds. The van der Waals surface area contributed by atoms with Gasteiger partial charge in [-0.05, 0) is 28.4 Å². The number of anilines is 1. The third-order valence-electron chi connectivity index (χ3n) is 3.36. The van der Waals surface area contributed by atoms with Crippen molar-refractivity contribution in [1.82, 2.24) is 0 Å². The highest BCUT2D eigenvalue weighted by Crippen LogP contribution is 2.37. The summed E-state index contributed by atoms with van der Waals surface area (Å²) in [7, 11) is -4.65. The van der Waals surface area contributed by atoms with Crippen LogP contribution in [0.15, 0.2) is 16.6 Å². The van der Waals surface area contributed by atoms with E-state index in [0.717, 1.165) is 0 Å². The number of amides is 1. The van der Waals surface area contributed by atoms with Crippen molar-refractivity contribution in [2.45, 2.75) is 13.3 Å². The number of hydrogen-bond donors (Lipinski definition) is 0. The van der Waals surface area contributed by atoms with Gasteiger partial charge in [-0.3, -0.25) is 14.9 Å². The molecule has 0 saturated carbocycles. The second-order valence-corrected chi connectivity index (χ2v) is 7.40. The van der Waals surface area contributed by atoms with Crippen LogP contribution in [0.3, 0.4) is 0 Å². The van der Waals surface area contributed by atoms with E-state index in [1.807, 2.05) is 0 Å². The molecule has 2 rings (SSSR count). The highest BCUT2D eigenvalue weighted by Gasteiger charge is 2.35. The second-order valence-electron chi connectivity index (χ2n) is 5.13. The molecule has 0 aliphatic carbocycles. The molecule has 0 radical (unpaired) electrons. The Hall–Kier alpha value is -1.55. The molecule has 0 aromatic heterocycles. The molecule has 0 spiro atoms. The van der Waals surface area contributed by atoms with E-state index in [-0.39, 0.29) is 24.6 Å². The summed E-state index contributed by atoms with van der Waals surface area (Å²) in [6.45, 7) is 1.67. The third-order valence-corrected chi connectivity index (χ3v) is 4.83. The van der Waals surface area contributed by atoms with Crippen LogP contribution in [0.5, 0.6) is 0 Å². The molecule has 7 nitrogen and oxygen atoms in total. The van der Waals surface area contributed by atoms with E-state index in [9.17, 15) is 27.2 Å². The molecule has 1 aromatic carbocycles. The molecular formula is C12H12BrFN2O5S. The zero-order valence-corrected chi connectivity index (χ0v) is 13.9. The van der Waals surface area contributed by atoms with Gasteiger partial charge in [0, 0.05) is 35.5 Å². The predicted molar refractivity (Wildman–Crippen MR) is 80.9 cm³/mol. The fraction of sp³-hybridized carbons (Fsp3) is 0.417. The van der Waals surface area contributed by atoms with Crippen LogP contribution in [0, 0.1) is 23.0 Å². The quantitative estimate of drug-likeness (QED) is 0.443. The van der Waals surface area contributed by atoms with E-state index in [4.69, 9.17) is 0 Å². The lowest BCUT2D eigenvalue weighted by Gasteiger charge is -2.20. The molecule has 1 atom stereocenters. The van der Waals surface area contributed by atoms with Gasteiger partial charge in [0.05, 0.1) is 16.4 Å². The maximum absolute atomic E-state index is 12.8. The van der Waals surface area contributed by atoms with Crippen molar-refractivity contribution in [1.29, 1.82) is 0 Å². The molecule has 1 saturated heterocycles. The van der Waals surface area contributed by atoms with Gasteiger partial charge in [-0.1, -0.05) is 0 Å². The van der Waals surface area contributed by atoms with Gasteiger partial charge in [-0.25, -0.2) is 0 Å². The van der Waals surface area contributed by atoms with Crippen LogP contribution in [-0.2, 0) is 15.0 Å². The SMILES string of the molecule is Cc1cc([N+](=O)[O-])cc(Br)c1N1CC(CS(=O)(=O)F)CC1=O. The summed E-state index contributed by atoms with van der Waals surface area (Å²) in [5.74, 6) is -1.69. The first-order chi connectivity index (χ1) is 10.1. The summed E-state index contributed by atoms with van der Waals surface area (Å²) in [4.78, 5) is 23.6. The van der Waals surface area contributed by atoms with E-state index in [2.05, 4.69) is 15.9 Å². The molecule has 1 unspecified atom stereocenters. The summed E-state index contributed by atoms with van der Waals surface area (Å²) >= 11 is 3.19. The van der Waals surface area contributed by atoms with Crippen LogP contribution in [0.25, 0.3) is 0 Å². The van der Waals surface area contributed by atoms with Gasteiger partial charge in [-0.15, -0.1) is 3.89 Å². The Morgan fingerprint density at radius 2 is 2.14 bits per heavy atom. The molecular weight excluding hydrogens is 383 g/mol. The number of rotatable bonds is 4. The lowest BCUT2D eigenvalue weighted by Crippen LogP contribution is -2.26. The smallest absolute Gasteiger partial charge is 0.302 e. The molecule has 1 aliphatic rings. The standard InChI is InChI=1S/C12H12BrFN2O5S/c1-7-2-9(16(18)19)4-10(13)12(7)15-5-8(3-11(15)17)6-22(14,20)21/h2,4,8H,3,5-6H2,1H3. The monoisotopic (exact) mass is 394 g/mol. The Balaban J connectivity index is 2.33. The van der Waals surface area contributed by atoms with E-state index in [0.29, 0.717) is 15.7 Å². The van der Waals surface area contributed by atoms with Crippen molar-refractivity contribution >= 4 is 43.4 Å². The molecule has 120 valence electrons. The van der Waals surface area contributed by atoms with Gasteiger partial charge in [0.1, 0.15) is 0 Å². The molecule has 1 fully saturated rings. The average molecular weight is 395 g/mol. The number of hydrogen-bond acceptors (Lipinski definition) is 5. The van der Waals surface area contributed by atoms with Crippen molar-refractivity contribution in [3.63, 3.8) is 0 Å². The van der Waals surface area contributed by atoms with Crippen molar-refractivity contribution in [3.05, 3.63) is 32.3 Å². The van der Waals surface area contributed by atoms with Gasteiger partial charge in [0.15, 0.2) is 0 Å². The average Bonchev–Trinajstić information content (AvgIpc) is 2.66. The molecule has 1 aliphatic heterocycles. The Morgan fingerprint density at radius 1 is 1.50 bits per heavy atom. The van der Waals surface area contributed by atoms with Gasteiger partial charge < -0.3 is 4.90 Å². The number of nitro benzene ring substituents is 1. The number of nitrogens with zero attached hydrogens (tertiary/aromatic N) is 2. The van der Waals surface area contributed by atoms with Crippen LogP contribution in [0.4, 0.5) is 15.3 Å². The largest absolute Gasteiger partial charge is 0.311 e. The molecule has 1 aromatic rings. The Kier molecular flexibility index (Phi) is 4.52. The maximum Gasteiger partial charge on any atom is 0.302 e. The number of nitro groups is 1. The minimum absolute atomic E-state index is 0.0548. The summed E-state index contributed by atoms with van der Waals surface area (Å²) in [5, 5.41) is 10.8. The van der Waals surface area contributed by atoms with Crippen molar-refractivity contribution in [2.75, 3.05) is 17.2 Å². The van der Waals surface area contributed by atoms with Crippen LogP contribution in [0.2, 0.25) is 0 Å². The summed E-state index contributed by atoms with van der Waals surface area (Å²) in [6, 6.07) is 2.60. The zero-order valence-electron chi connectivity index (χ0n) is 11.5. The van der Waals surface area contributed by atoms with Crippen LogP contribution < -0.4 is 4.90 Å². The topological polar surface area (TPSA) is 97.6 Å². The molecule has 22 heavy (non-hydrogen) atoms. The fourth-order valence-corrected chi connectivity index (χ4v) is 4.10. The second kappa shape index (κ2) is 5.92. The van der Waals surface area contributed by atoms with E-state index < -0.39 is 26.8 Å². The first kappa shape index (κ1) is 16.8. The molecule has 0 N–H and O–H groups in total. The number of carbonyl (C=O) groups excluding carboxylic acids is 1. The molecule has 1 heterocycles. The molecule has 0 bridgehead atoms. The van der Waals surface area contributed by atoms with Gasteiger partial charge in [0.25, 0.3) is 5.69 Å². The predicted octanol–water partition coefficient (Wildman–Crippen LogP) is 2.32. The first-order valence-corrected chi connectivity index (χ1v) is 8.60. The van der Waals surface area contributed by atoms with Crippen LogP contribution >= 0.6 is 15.9 Å². The normalized spacial score (nSPS) is 18.8. The van der Waals surface area contributed by atoms with E-state index in [1.54, 1.807) is 6.92 Å². The number of halogens is 2. The van der Waals surface area contributed by atoms with Gasteiger partial charge in [0.2, 0.25) is 5.91 Å². The lowest BCUT2D eigenvalue weighted by atomic mass is 10.1. The van der Waals surface area contributed by atoms with Crippen molar-refractivity contribution in [3.8, 4) is 0 Å². The third kappa shape index (κ3) is 3.61. The zero-order chi connectivity index (χ0) is 16.7. The van der Waals surface area contributed by atoms with Crippen LogP contribution in [-0.4, -0.2) is 31.5 Å². The van der Waals surface area contributed by atoms with Crippen molar-refractivity contribution in [2.24, 2.45) is 5.92 Å². The Labute approximate surface area is 134 Å². The minimum Gasteiger partial charge on any atom is -0.311 e. The summed E-state index contributed by atoms with van der Waals surface area (Å²) < 4.78 is 34.5. The van der Waals surface area contributed by atoms with E-state index in [1.165, 1.54) is 17.0 Å². The first-order valence-electron chi connectivity index (χ1n) is 6.25. The number of carbonyl (C=O) groups is 1. The van der Waals surface area contributed by atoms with Crippen molar-refractivity contribution < 1.29 is 22.0 Å². The Morgan fingerprint density at radius 3 is 2.64 bits per heavy atom. The summed E-state index contributed by atoms with van der Waals surface area (Å²) in [5.41, 5.74) is 0.815. The minimum atomic E-state index is -4.65. The Bertz CT molecular complexity index is 729. The van der Waals surface area contributed by atoms with Gasteiger partial charge in [-0.2, -0.15) is 8.42 Å². The fourth-order valence-electron chi connectivity index (χ4n) is 2.56. The number of benzene rings is 1. The highest BCUT2D eigenvalue weighted by atomic mass is 79.9. The lowest BCUT2D eigenvalue weighted by molar-refractivity contribution is -0.385.